The van der Waals surface area contributed by atoms with Gasteiger partial charge in [0, 0.05) is 18.9 Å². The third-order valence-electron chi connectivity index (χ3n) is 2.85. The highest BCUT2D eigenvalue weighted by Gasteiger charge is 2.46. The summed E-state index contributed by atoms with van der Waals surface area (Å²) in [5.74, 6) is 0.265. The smallest absolute Gasteiger partial charge is 0.407 e. The number of nitrogens with zero attached hydrogens (tertiary/aromatic N) is 1. The van der Waals surface area contributed by atoms with E-state index in [2.05, 4.69) is 0 Å². The molecule has 12 heavy (non-hydrogen) atoms. The van der Waals surface area contributed by atoms with Crippen LogP contribution in [-0.2, 0) is 4.79 Å². The maximum absolute atomic E-state index is 11.0. The first-order valence-corrected chi connectivity index (χ1v) is 4.22. The van der Waals surface area contributed by atoms with E-state index in [9.17, 15) is 9.59 Å². The SMILES string of the molecule is O=C1C[C@H]2[C@@H]1CCCN2C(=O)O. The Morgan fingerprint density at radius 2 is 2.33 bits per heavy atom. The molecule has 66 valence electrons. The van der Waals surface area contributed by atoms with Crippen LogP contribution in [0.2, 0.25) is 0 Å². The van der Waals surface area contributed by atoms with Gasteiger partial charge in [0.15, 0.2) is 0 Å². The predicted octanol–water partition coefficient (Wildman–Crippen LogP) is 0.718. The maximum Gasteiger partial charge on any atom is 0.407 e. The Labute approximate surface area is 70.2 Å². The molecule has 1 heterocycles. The normalized spacial score (nSPS) is 34.0. The van der Waals surface area contributed by atoms with E-state index in [1.165, 1.54) is 4.90 Å². The summed E-state index contributed by atoms with van der Waals surface area (Å²) >= 11 is 0. The highest BCUT2D eigenvalue weighted by atomic mass is 16.4. The van der Waals surface area contributed by atoms with E-state index in [1.54, 1.807) is 0 Å². The van der Waals surface area contributed by atoms with E-state index in [4.69, 9.17) is 5.11 Å². The number of carbonyl (C=O) groups is 2. The molecular weight excluding hydrogens is 158 g/mol. The zero-order valence-corrected chi connectivity index (χ0v) is 6.69. The summed E-state index contributed by atoms with van der Waals surface area (Å²) in [7, 11) is 0. The van der Waals surface area contributed by atoms with Crippen molar-refractivity contribution in [2.24, 2.45) is 5.92 Å². The lowest BCUT2D eigenvalue weighted by molar-refractivity contribution is -0.137. The Balaban J connectivity index is 2.08. The number of hydrogen-bond donors (Lipinski definition) is 1. The van der Waals surface area contributed by atoms with Crippen LogP contribution in [0.3, 0.4) is 0 Å². The zero-order valence-electron chi connectivity index (χ0n) is 6.69. The van der Waals surface area contributed by atoms with Crippen molar-refractivity contribution in [1.29, 1.82) is 0 Å². The van der Waals surface area contributed by atoms with Crippen molar-refractivity contribution in [1.82, 2.24) is 4.90 Å². The fourth-order valence-electron chi connectivity index (χ4n) is 2.12. The van der Waals surface area contributed by atoms with Gasteiger partial charge in [-0.1, -0.05) is 0 Å². The molecule has 4 nitrogen and oxygen atoms in total. The third kappa shape index (κ3) is 0.906. The number of carboxylic acid groups (broad SMARTS) is 1. The van der Waals surface area contributed by atoms with E-state index in [1.807, 2.05) is 0 Å². The molecule has 0 aromatic rings. The lowest BCUT2D eigenvalue weighted by atomic mass is 9.72. The van der Waals surface area contributed by atoms with Crippen LogP contribution in [0.5, 0.6) is 0 Å². The van der Waals surface area contributed by atoms with E-state index in [-0.39, 0.29) is 17.7 Å². The molecule has 1 aliphatic heterocycles. The maximum atomic E-state index is 11.0. The molecule has 1 amide bonds. The van der Waals surface area contributed by atoms with Gasteiger partial charge in [-0.25, -0.2) is 4.79 Å². The van der Waals surface area contributed by atoms with Crippen LogP contribution in [0, 0.1) is 5.92 Å². The van der Waals surface area contributed by atoms with E-state index >= 15 is 0 Å². The Hall–Kier alpha value is -1.06. The average molecular weight is 169 g/mol. The lowest BCUT2D eigenvalue weighted by Crippen LogP contribution is -2.57. The molecular formula is C8H11NO3. The molecule has 0 radical (unpaired) electrons. The molecule has 0 unspecified atom stereocenters. The van der Waals surface area contributed by atoms with Gasteiger partial charge in [0.05, 0.1) is 6.04 Å². The van der Waals surface area contributed by atoms with Gasteiger partial charge in [0.2, 0.25) is 0 Å². The van der Waals surface area contributed by atoms with Crippen molar-refractivity contribution < 1.29 is 14.7 Å². The molecule has 0 aromatic heterocycles. The second kappa shape index (κ2) is 2.47. The lowest BCUT2D eigenvalue weighted by Gasteiger charge is -2.45. The Morgan fingerprint density at radius 1 is 1.58 bits per heavy atom. The fraction of sp³-hybridized carbons (Fsp3) is 0.750. The second-order valence-electron chi connectivity index (χ2n) is 3.46. The highest BCUT2D eigenvalue weighted by Crippen LogP contribution is 2.36. The summed E-state index contributed by atoms with van der Waals surface area (Å²) in [6.45, 7) is 0.601. The van der Waals surface area contributed by atoms with Gasteiger partial charge in [-0.2, -0.15) is 0 Å². The molecule has 2 aliphatic rings. The molecule has 1 saturated heterocycles. The van der Waals surface area contributed by atoms with Crippen molar-refractivity contribution in [3.63, 3.8) is 0 Å². The molecule has 0 spiro atoms. The van der Waals surface area contributed by atoms with Gasteiger partial charge in [0.1, 0.15) is 5.78 Å². The van der Waals surface area contributed by atoms with Crippen molar-refractivity contribution >= 4 is 11.9 Å². The minimum atomic E-state index is -0.878. The van der Waals surface area contributed by atoms with E-state index in [0.29, 0.717) is 13.0 Å². The summed E-state index contributed by atoms with van der Waals surface area (Å²) in [6.07, 6.45) is 1.28. The number of piperidine rings is 1. The van der Waals surface area contributed by atoms with Gasteiger partial charge < -0.3 is 10.0 Å². The molecule has 1 N–H and O–H groups in total. The number of Topliss-reactive ketones (excluding diaryl/α,β-unsaturated/α-hetero) is 1. The van der Waals surface area contributed by atoms with Crippen molar-refractivity contribution in [3.05, 3.63) is 0 Å². The summed E-state index contributed by atoms with van der Waals surface area (Å²) in [5, 5.41) is 8.76. The molecule has 2 fully saturated rings. The van der Waals surface area contributed by atoms with Crippen LogP contribution in [-0.4, -0.2) is 34.5 Å². The molecule has 2 rings (SSSR count). The van der Waals surface area contributed by atoms with E-state index < -0.39 is 6.09 Å². The summed E-state index contributed by atoms with van der Waals surface area (Å²) in [6, 6.07) is 0.00347. The molecule has 2 atom stereocenters. The minimum absolute atomic E-state index is 0.00347. The average Bonchev–Trinajstić information content (AvgIpc) is 2.02. The topological polar surface area (TPSA) is 57.6 Å². The zero-order chi connectivity index (χ0) is 8.72. The van der Waals surface area contributed by atoms with Gasteiger partial charge >= 0.3 is 6.09 Å². The van der Waals surface area contributed by atoms with Gasteiger partial charge in [-0.05, 0) is 12.8 Å². The molecule has 1 aliphatic carbocycles. The van der Waals surface area contributed by atoms with Crippen molar-refractivity contribution in [2.75, 3.05) is 6.54 Å². The quantitative estimate of drug-likeness (QED) is 0.581. The Kier molecular flexibility index (Phi) is 1.56. The standard InChI is InChI=1S/C8H11NO3/c10-7-4-6-5(7)2-1-3-9(6)8(11)12/h5-6H,1-4H2,(H,11,12)/t5-,6-/m0/s1. The number of carbonyl (C=O) groups excluding carboxylic acids is 1. The summed E-state index contributed by atoms with van der Waals surface area (Å²) < 4.78 is 0. The van der Waals surface area contributed by atoms with Gasteiger partial charge in [-0.3, -0.25) is 4.79 Å². The molecule has 0 bridgehead atoms. The van der Waals surface area contributed by atoms with E-state index in [0.717, 1.165) is 12.8 Å². The third-order valence-corrected chi connectivity index (χ3v) is 2.85. The van der Waals surface area contributed by atoms with Crippen molar-refractivity contribution in [2.45, 2.75) is 25.3 Å². The Bertz CT molecular complexity index is 238. The van der Waals surface area contributed by atoms with Crippen LogP contribution in [0.4, 0.5) is 4.79 Å². The number of likely N-dealkylation sites (tertiary alicyclic amines) is 1. The first kappa shape index (κ1) is 7.58. The summed E-state index contributed by atoms with van der Waals surface area (Å²) in [4.78, 5) is 23.1. The number of amides is 1. The van der Waals surface area contributed by atoms with Crippen LogP contribution in [0.25, 0.3) is 0 Å². The fourth-order valence-corrected chi connectivity index (χ4v) is 2.12. The van der Waals surface area contributed by atoms with Crippen LogP contribution in [0.15, 0.2) is 0 Å². The first-order valence-electron chi connectivity index (χ1n) is 4.22. The van der Waals surface area contributed by atoms with Gasteiger partial charge in [0.25, 0.3) is 0 Å². The molecule has 4 heteroatoms. The minimum Gasteiger partial charge on any atom is -0.465 e. The van der Waals surface area contributed by atoms with Gasteiger partial charge in [-0.15, -0.1) is 0 Å². The number of fused-ring (bicyclic) bond motifs is 1. The van der Waals surface area contributed by atoms with Crippen LogP contribution < -0.4 is 0 Å². The number of ketones is 1. The first-order chi connectivity index (χ1) is 5.70. The second-order valence-corrected chi connectivity index (χ2v) is 3.46. The monoisotopic (exact) mass is 169 g/mol. The number of hydrogen-bond acceptors (Lipinski definition) is 2. The summed E-state index contributed by atoms with van der Waals surface area (Å²) in [5.41, 5.74) is 0. The Morgan fingerprint density at radius 3 is 2.92 bits per heavy atom. The largest absolute Gasteiger partial charge is 0.465 e. The van der Waals surface area contributed by atoms with Crippen LogP contribution in [0.1, 0.15) is 19.3 Å². The number of rotatable bonds is 0. The van der Waals surface area contributed by atoms with Crippen molar-refractivity contribution in [3.8, 4) is 0 Å². The highest BCUT2D eigenvalue weighted by molar-refractivity contribution is 5.90. The van der Waals surface area contributed by atoms with Crippen LogP contribution >= 0.6 is 0 Å². The molecule has 1 saturated carbocycles. The molecule has 0 aromatic carbocycles. The predicted molar refractivity (Wildman–Crippen MR) is 40.9 cm³/mol.